The molecule has 0 unspecified atom stereocenters. The van der Waals surface area contributed by atoms with Crippen LogP contribution in [0.3, 0.4) is 0 Å². The second kappa shape index (κ2) is 20.9. The van der Waals surface area contributed by atoms with Gasteiger partial charge in [0.15, 0.2) is 0 Å². The molecule has 0 aliphatic rings. The first-order valence-corrected chi connectivity index (χ1v) is 13.4. The molecule has 0 spiro atoms. The fraction of sp³-hybridized carbons (Fsp3) is 0.600. The molecule has 0 heterocycles. The summed E-state index contributed by atoms with van der Waals surface area (Å²) in [7, 11) is 0. The van der Waals surface area contributed by atoms with E-state index in [0.29, 0.717) is 13.2 Å². The van der Waals surface area contributed by atoms with Gasteiger partial charge in [-0.2, -0.15) is 0 Å². The van der Waals surface area contributed by atoms with Crippen molar-refractivity contribution in [3.8, 4) is 0 Å². The largest absolute Gasteiger partial charge is 0.206 e. The summed E-state index contributed by atoms with van der Waals surface area (Å²) in [6, 6.07) is 21.6. The van der Waals surface area contributed by atoms with Gasteiger partial charge in [0.25, 0.3) is 0 Å². The highest BCUT2D eigenvalue weighted by molar-refractivity contribution is 5.15. The third-order valence-electron chi connectivity index (χ3n) is 6.17. The molecule has 0 aromatic heterocycles. The van der Waals surface area contributed by atoms with E-state index >= 15 is 0 Å². The topological polar surface area (TPSA) is 27.7 Å². The summed E-state index contributed by atoms with van der Waals surface area (Å²) in [5.41, 5.74) is 2.92. The Morgan fingerprint density at radius 3 is 1.09 bits per heavy atom. The molecule has 0 saturated carbocycles. The Morgan fingerprint density at radius 2 is 0.697 bits per heavy atom. The summed E-state index contributed by atoms with van der Waals surface area (Å²) < 4.78 is 0. The van der Waals surface area contributed by atoms with Crippen molar-refractivity contribution in [2.45, 2.75) is 103 Å². The minimum atomic E-state index is 0.622. The van der Waals surface area contributed by atoms with Crippen LogP contribution >= 0.6 is 0 Å². The van der Waals surface area contributed by atoms with Crippen LogP contribution in [0.25, 0.3) is 0 Å². The van der Waals surface area contributed by atoms with Gasteiger partial charge in [0.2, 0.25) is 0 Å². The van der Waals surface area contributed by atoms with E-state index in [0.717, 1.165) is 12.8 Å². The summed E-state index contributed by atoms with van der Waals surface area (Å²) >= 11 is 0. The lowest BCUT2D eigenvalue weighted by Gasteiger charge is -2.05. The van der Waals surface area contributed by atoms with Crippen molar-refractivity contribution in [2.75, 3.05) is 13.2 Å². The third kappa shape index (κ3) is 16.6. The van der Waals surface area contributed by atoms with Gasteiger partial charge in [0.1, 0.15) is 0 Å². The fourth-order valence-corrected chi connectivity index (χ4v) is 4.14. The molecule has 0 atom stereocenters. The molecule has 0 aliphatic heterocycles. The van der Waals surface area contributed by atoms with E-state index in [1.807, 2.05) is 0 Å². The third-order valence-corrected chi connectivity index (χ3v) is 6.17. The molecule has 0 radical (unpaired) electrons. The van der Waals surface area contributed by atoms with Crippen LogP contribution in [0.2, 0.25) is 0 Å². The molecule has 2 rings (SSSR count). The van der Waals surface area contributed by atoms with Crippen LogP contribution in [0.1, 0.15) is 101 Å². The highest BCUT2D eigenvalue weighted by atomic mass is 17.5. The van der Waals surface area contributed by atoms with Gasteiger partial charge in [-0.25, -0.2) is 9.78 Å². The van der Waals surface area contributed by atoms with E-state index in [2.05, 4.69) is 60.7 Å². The molecular weight excluding hydrogens is 408 g/mol. The quantitative estimate of drug-likeness (QED) is 0.101. The molecule has 0 fully saturated rings. The maximum atomic E-state index is 5.11. The zero-order chi connectivity index (χ0) is 23.1. The van der Waals surface area contributed by atoms with E-state index in [4.69, 9.17) is 14.8 Å². The van der Waals surface area contributed by atoms with Crippen molar-refractivity contribution in [2.24, 2.45) is 0 Å². The first-order chi connectivity index (χ1) is 16.4. The molecule has 0 amide bonds. The smallest absolute Gasteiger partial charge is 0.0853 e. The highest BCUT2D eigenvalue weighted by Gasteiger charge is 1.97. The number of aryl methyl sites for hydroxylation is 2. The van der Waals surface area contributed by atoms with Crippen molar-refractivity contribution in [1.29, 1.82) is 0 Å². The highest BCUT2D eigenvalue weighted by Crippen LogP contribution is 2.12. The van der Waals surface area contributed by atoms with Gasteiger partial charge in [-0.3, -0.25) is 0 Å². The van der Waals surface area contributed by atoms with Gasteiger partial charge in [0, 0.05) is 0 Å². The Morgan fingerprint density at radius 1 is 0.364 bits per heavy atom. The minimum absolute atomic E-state index is 0.622. The van der Waals surface area contributed by atoms with E-state index < -0.39 is 0 Å². The molecule has 0 bridgehead atoms. The van der Waals surface area contributed by atoms with Crippen molar-refractivity contribution >= 4 is 0 Å². The molecule has 3 nitrogen and oxygen atoms in total. The van der Waals surface area contributed by atoms with E-state index in [9.17, 15) is 0 Å². The van der Waals surface area contributed by atoms with Gasteiger partial charge in [-0.1, -0.05) is 130 Å². The zero-order valence-corrected chi connectivity index (χ0v) is 20.7. The Hall–Kier alpha value is -1.68. The van der Waals surface area contributed by atoms with Crippen LogP contribution in [-0.2, 0) is 27.7 Å². The van der Waals surface area contributed by atoms with Crippen LogP contribution in [0, 0.1) is 0 Å². The summed E-state index contributed by atoms with van der Waals surface area (Å²) in [5.74, 6) is 0. The van der Waals surface area contributed by atoms with Crippen molar-refractivity contribution in [3.63, 3.8) is 0 Å². The number of hydrogen-bond acceptors (Lipinski definition) is 3. The Balaban J connectivity index is 1.20. The van der Waals surface area contributed by atoms with Gasteiger partial charge >= 0.3 is 0 Å². The van der Waals surface area contributed by atoms with Crippen LogP contribution in [0.15, 0.2) is 60.7 Å². The number of unbranched alkanes of at least 4 members (excludes halogenated alkanes) is 12. The lowest BCUT2D eigenvalue weighted by atomic mass is 10.0. The monoisotopic (exact) mass is 454 g/mol. The molecule has 0 N–H and O–H groups in total. The van der Waals surface area contributed by atoms with Crippen LogP contribution in [0.5, 0.6) is 0 Å². The predicted octanol–water partition coefficient (Wildman–Crippen LogP) is 8.81. The average molecular weight is 455 g/mol. The lowest BCUT2D eigenvalue weighted by Crippen LogP contribution is -2.00. The number of rotatable bonds is 22. The van der Waals surface area contributed by atoms with Gasteiger partial charge in [0.05, 0.1) is 13.2 Å². The SMILES string of the molecule is c1ccc(CCCCCCCCCOOOCCCCCCCCCc2ccccc2)cc1. The van der Waals surface area contributed by atoms with Crippen LogP contribution in [0.4, 0.5) is 0 Å². The predicted molar refractivity (Wildman–Crippen MR) is 138 cm³/mol. The van der Waals surface area contributed by atoms with E-state index in [-0.39, 0.29) is 0 Å². The maximum Gasteiger partial charge on any atom is 0.0853 e. The summed E-state index contributed by atoms with van der Waals surface area (Å²) in [4.78, 5) is 10.2. The molecular formula is C30H46O3. The second-order valence-electron chi connectivity index (χ2n) is 9.13. The van der Waals surface area contributed by atoms with E-state index in [1.165, 1.54) is 101 Å². The molecule has 184 valence electrons. The van der Waals surface area contributed by atoms with Crippen LogP contribution in [-0.4, -0.2) is 13.2 Å². The van der Waals surface area contributed by atoms with Crippen LogP contribution < -0.4 is 0 Å². The average Bonchev–Trinajstić information content (AvgIpc) is 2.86. The first-order valence-electron chi connectivity index (χ1n) is 13.4. The Kier molecular flexibility index (Phi) is 17.5. The van der Waals surface area contributed by atoms with Crippen molar-refractivity contribution in [1.82, 2.24) is 0 Å². The normalized spacial score (nSPS) is 11.2. The summed E-state index contributed by atoms with van der Waals surface area (Å²) in [6.07, 6.45) is 20.0. The number of benzene rings is 2. The molecule has 0 aliphatic carbocycles. The summed E-state index contributed by atoms with van der Waals surface area (Å²) in [5, 5.41) is 4.84. The molecule has 3 heteroatoms. The first kappa shape index (κ1) is 27.6. The maximum absolute atomic E-state index is 5.11. The van der Waals surface area contributed by atoms with Gasteiger partial charge < -0.3 is 0 Å². The standard InChI is InChI=1S/C30H46O3/c1(3-7-13-21-29-23-15-11-16-24-29)5-9-19-27-31-33-32-28-20-10-6-2-4-8-14-22-30-25-17-12-18-26-30/h11-12,15-18,23-26H,1-10,13-14,19-22,27-28H2. The second-order valence-corrected chi connectivity index (χ2v) is 9.13. The molecule has 33 heavy (non-hydrogen) atoms. The molecule has 2 aromatic rings. The Labute approximate surface area is 202 Å². The molecule has 2 aromatic carbocycles. The minimum Gasteiger partial charge on any atom is -0.206 e. The van der Waals surface area contributed by atoms with Gasteiger partial charge in [-0.05, 0) is 49.7 Å². The number of hydrogen-bond donors (Lipinski definition) is 0. The van der Waals surface area contributed by atoms with Crippen molar-refractivity contribution in [3.05, 3.63) is 71.8 Å². The molecule has 0 saturated heterocycles. The van der Waals surface area contributed by atoms with E-state index in [1.54, 1.807) is 0 Å². The lowest BCUT2D eigenvalue weighted by molar-refractivity contribution is -0.512. The fourth-order valence-electron chi connectivity index (χ4n) is 4.14. The zero-order valence-electron chi connectivity index (χ0n) is 20.7. The van der Waals surface area contributed by atoms with Gasteiger partial charge in [-0.15, -0.1) is 0 Å². The van der Waals surface area contributed by atoms with Crippen molar-refractivity contribution < 1.29 is 14.8 Å². The Bertz CT molecular complexity index is 587. The summed E-state index contributed by atoms with van der Waals surface area (Å²) in [6.45, 7) is 1.24.